The number of methoxy groups -OCH3 is 1. The molecule has 106 valence electrons. The maximum Gasteiger partial charge on any atom is 0.255 e. The Balaban J connectivity index is 2.92. The lowest BCUT2D eigenvalue weighted by molar-refractivity contribution is 0.0706. The minimum absolute atomic E-state index is 0.105. The number of likely N-dealkylation sites (N-methyl/N-ethyl adjacent to an activating group) is 1. The second-order valence-electron chi connectivity index (χ2n) is 3.96. The predicted molar refractivity (Wildman–Crippen MR) is 76.9 cm³/mol. The lowest BCUT2D eigenvalue weighted by Crippen LogP contribution is -2.34. The van der Waals surface area contributed by atoms with E-state index in [1.807, 2.05) is 13.8 Å². The molecule has 0 aliphatic rings. The first-order chi connectivity index (χ1) is 9.13. The Morgan fingerprint density at radius 2 is 2.26 bits per heavy atom. The van der Waals surface area contributed by atoms with Crippen molar-refractivity contribution in [2.24, 2.45) is 0 Å². The standard InChI is InChI=1S/C13H20ClN3O2/c1-4-15-12-8-10(11(14)9-16-12)13(18)17(5-2)6-7-19-3/h8-9H,4-7H2,1-3H3,(H,15,16). The molecule has 5 nitrogen and oxygen atoms in total. The van der Waals surface area contributed by atoms with E-state index >= 15 is 0 Å². The van der Waals surface area contributed by atoms with Crippen LogP contribution in [-0.4, -0.2) is 49.1 Å². The molecule has 1 aromatic heterocycles. The average molecular weight is 286 g/mol. The van der Waals surface area contributed by atoms with E-state index in [-0.39, 0.29) is 5.91 Å². The van der Waals surface area contributed by atoms with Crippen molar-refractivity contribution in [3.63, 3.8) is 0 Å². The fraction of sp³-hybridized carbons (Fsp3) is 0.538. The molecule has 6 heteroatoms. The molecule has 0 saturated heterocycles. The molecule has 0 aliphatic heterocycles. The molecular formula is C13H20ClN3O2. The number of pyridine rings is 1. The number of amides is 1. The largest absolute Gasteiger partial charge is 0.383 e. The van der Waals surface area contributed by atoms with Crippen molar-refractivity contribution in [3.05, 3.63) is 22.8 Å². The average Bonchev–Trinajstić information content (AvgIpc) is 2.42. The van der Waals surface area contributed by atoms with Crippen molar-refractivity contribution < 1.29 is 9.53 Å². The van der Waals surface area contributed by atoms with E-state index in [9.17, 15) is 4.79 Å². The van der Waals surface area contributed by atoms with Crippen LogP contribution in [0.25, 0.3) is 0 Å². The SMILES string of the molecule is CCNc1cc(C(=O)N(CC)CCOC)c(Cl)cn1. The molecule has 19 heavy (non-hydrogen) atoms. The summed E-state index contributed by atoms with van der Waals surface area (Å²) in [5.41, 5.74) is 0.463. The van der Waals surface area contributed by atoms with Crippen LogP contribution >= 0.6 is 11.6 Å². The first kappa shape index (κ1) is 15.7. The van der Waals surface area contributed by atoms with Crippen LogP contribution in [0.2, 0.25) is 5.02 Å². The molecule has 1 rings (SSSR count). The molecule has 1 amide bonds. The number of carbonyl (C=O) groups is 1. The van der Waals surface area contributed by atoms with Gasteiger partial charge in [0.1, 0.15) is 5.82 Å². The fourth-order valence-electron chi connectivity index (χ4n) is 1.66. The summed E-state index contributed by atoms with van der Waals surface area (Å²) in [7, 11) is 1.61. The molecular weight excluding hydrogens is 266 g/mol. The van der Waals surface area contributed by atoms with Crippen molar-refractivity contribution in [3.8, 4) is 0 Å². The summed E-state index contributed by atoms with van der Waals surface area (Å²) in [6.07, 6.45) is 1.50. The summed E-state index contributed by atoms with van der Waals surface area (Å²) in [6, 6.07) is 1.68. The number of carbonyl (C=O) groups excluding carboxylic acids is 1. The Kier molecular flexibility index (Phi) is 6.59. The van der Waals surface area contributed by atoms with Gasteiger partial charge in [-0.1, -0.05) is 11.6 Å². The number of aromatic nitrogens is 1. The third kappa shape index (κ3) is 4.36. The van der Waals surface area contributed by atoms with E-state index in [2.05, 4.69) is 10.3 Å². The van der Waals surface area contributed by atoms with E-state index in [1.54, 1.807) is 18.1 Å². The van der Waals surface area contributed by atoms with Gasteiger partial charge in [-0.15, -0.1) is 0 Å². The van der Waals surface area contributed by atoms with E-state index < -0.39 is 0 Å². The van der Waals surface area contributed by atoms with Gasteiger partial charge in [0.25, 0.3) is 5.91 Å². The van der Waals surface area contributed by atoms with Crippen LogP contribution < -0.4 is 5.32 Å². The summed E-state index contributed by atoms with van der Waals surface area (Å²) in [4.78, 5) is 18.2. The highest BCUT2D eigenvalue weighted by Gasteiger charge is 2.17. The number of rotatable bonds is 7. The van der Waals surface area contributed by atoms with Gasteiger partial charge in [-0.05, 0) is 19.9 Å². The minimum Gasteiger partial charge on any atom is -0.383 e. The Morgan fingerprint density at radius 3 is 2.84 bits per heavy atom. The summed E-state index contributed by atoms with van der Waals surface area (Å²) < 4.78 is 5.00. The van der Waals surface area contributed by atoms with Gasteiger partial charge in [-0.2, -0.15) is 0 Å². The van der Waals surface area contributed by atoms with Crippen LogP contribution in [0.5, 0.6) is 0 Å². The summed E-state index contributed by atoms with van der Waals surface area (Å²) in [5.74, 6) is 0.546. The van der Waals surface area contributed by atoms with Gasteiger partial charge in [-0.3, -0.25) is 4.79 Å². The normalized spacial score (nSPS) is 10.3. The van der Waals surface area contributed by atoms with Gasteiger partial charge in [0.15, 0.2) is 0 Å². The van der Waals surface area contributed by atoms with E-state index in [0.29, 0.717) is 36.1 Å². The lowest BCUT2D eigenvalue weighted by atomic mass is 10.2. The van der Waals surface area contributed by atoms with Crippen LogP contribution in [0.1, 0.15) is 24.2 Å². The number of hydrogen-bond donors (Lipinski definition) is 1. The number of anilines is 1. The van der Waals surface area contributed by atoms with Crippen molar-refractivity contribution in [1.82, 2.24) is 9.88 Å². The summed E-state index contributed by atoms with van der Waals surface area (Å²) >= 11 is 6.06. The van der Waals surface area contributed by atoms with Crippen LogP contribution in [0.3, 0.4) is 0 Å². The van der Waals surface area contributed by atoms with Gasteiger partial charge < -0.3 is 15.0 Å². The van der Waals surface area contributed by atoms with Crippen molar-refractivity contribution in [1.29, 1.82) is 0 Å². The Morgan fingerprint density at radius 1 is 1.53 bits per heavy atom. The second-order valence-corrected chi connectivity index (χ2v) is 4.36. The van der Waals surface area contributed by atoms with Crippen molar-refractivity contribution in [2.45, 2.75) is 13.8 Å². The predicted octanol–water partition coefficient (Wildman–Crippen LogP) is 2.28. The molecule has 1 aromatic rings. The highest BCUT2D eigenvalue weighted by Crippen LogP contribution is 2.19. The maximum atomic E-state index is 12.4. The molecule has 0 aromatic carbocycles. The van der Waals surface area contributed by atoms with Crippen LogP contribution in [0, 0.1) is 0 Å². The van der Waals surface area contributed by atoms with Gasteiger partial charge in [-0.25, -0.2) is 4.98 Å². The second kappa shape index (κ2) is 7.96. The molecule has 0 radical (unpaired) electrons. The zero-order chi connectivity index (χ0) is 14.3. The minimum atomic E-state index is -0.105. The highest BCUT2D eigenvalue weighted by atomic mass is 35.5. The lowest BCUT2D eigenvalue weighted by Gasteiger charge is -2.21. The molecule has 0 aliphatic carbocycles. The molecule has 0 bridgehead atoms. The highest BCUT2D eigenvalue weighted by molar-refractivity contribution is 6.33. The fourth-order valence-corrected chi connectivity index (χ4v) is 1.84. The Labute approximate surface area is 118 Å². The number of halogens is 1. The first-order valence-corrected chi connectivity index (χ1v) is 6.69. The number of nitrogens with one attached hydrogen (secondary N) is 1. The molecule has 0 fully saturated rings. The summed E-state index contributed by atoms with van der Waals surface area (Å²) in [6.45, 7) is 6.28. The third-order valence-electron chi connectivity index (χ3n) is 2.68. The van der Waals surface area contributed by atoms with E-state index in [0.717, 1.165) is 6.54 Å². The quantitative estimate of drug-likeness (QED) is 0.835. The molecule has 0 unspecified atom stereocenters. The number of hydrogen-bond acceptors (Lipinski definition) is 4. The number of ether oxygens (including phenoxy) is 1. The Bertz CT molecular complexity index is 426. The molecule has 0 atom stereocenters. The van der Waals surface area contributed by atoms with Gasteiger partial charge in [0, 0.05) is 32.9 Å². The molecule has 0 spiro atoms. The van der Waals surface area contributed by atoms with Gasteiger partial charge in [0.05, 0.1) is 17.2 Å². The van der Waals surface area contributed by atoms with Crippen molar-refractivity contribution >= 4 is 23.3 Å². The van der Waals surface area contributed by atoms with Crippen LogP contribution in [0.4, 0.5) is 5.82 Å². The molecule has 0 saturated carbocycles. The number of nitrogens with zero attached hydrogens (tertiary/aromatic N) is 2. The van der Waals surface area contributed by atoms with E-state index in [1.165, 1.54) is 6.20 Å². The van der Waals surface area contributed by atoms with Gasteiger partial charge >= 0.3 is 0 Å². The third-order valence-corrected chi connectivity index (χ3v) is 2.98. The monoisotopic (exact) mass is 285 g/mol. The van der Waals surface area contributed by atoms with E-state index in [4.69, 9.17) is 16.3 Å². The van der Waals surface area contributed by atoms with Crippen LogP contribution in [-0.2, 0) is 4.74 Å². The smallest absolute Gasteiger partial charge is 0.255 e. The van der Waals surface area contributed by atoms with Crippen molar-refractivity contribution in [2.75, 3.05) is 38.7 Å². The zero-order valence-corrected chi connectivity index (χ0v) is 12.3. The summed E-state index contributed by atoms with van der Waals surface area (Å²) in [5, 5.41) is 3.43. The first-order valence-electron chi connectivity index (χ1n) is 6.31. The molecule has 1 heterocycles. The molecule has 1 N–H and O–H groups in total. The maximum absolute atomic E-state index is 12.4. The Hall–Kier alpha value is -1.33. The zero-order valence-electron chi connectivity index (χ0n) is 11.6. The van der Waals surface area contributed by atoms with Crippen LogP contribution in [0.15, 0.2) is 12.3 Å². The van der Waals surface area contributed by atoms with Gasteiger partial charge in [0.2, 0.25) is 0 Å². The topological polar surface area (TPSA) is 54.5 Å².